The summed E-state index contributed by atoms with van der Waals surface area (Å²) in [6, 6.07) is 2.01. The molecule has 1 heterocycles. The molecule has 3 aliphatic carbocycles. The van der Waals surface area contributed by atoms with Crippen LogP contribution in [0.15, 0.2) is 16.7 Å². The minimum absolute atomic E-state index is 0.0324. The van der Waals surface area contributed by atoms with E-state index in [1.54, 1.807) is 6.26 Å². The summed E-state index contributed by atoms with van der Waals surface area (Å²) >= 11 is 0. The van der Waals surface area contributed by atoms with Crippen LogP contribution in [-0.4, -0.2) is 28.6 Å². The number of carbonyl (C=O) groups excluding carboxylic acids is 2. The summed E-state index contributed by atoms with van der Waals surface area (Å²) in [6.45, 7) is 9.44. The van der Waals surface area contributed by atoms with E-state index < -0.39 is 28.5 Å². The number of aliphatic hydroxyl groups is 1. The van der Waals surface area contributed by atoms with E-state index in [4.69, 9.17) is 9.15 Å². The normalized spacial score (nSPS) is 42.7. The number of furan rings is 1. The van der Waals surface area contributed by atoms with E-state index >= 15 is 0 Å². The van der Waals surface area contributed by atoms with Gasteiger partial charge >= 0.3 is 5.97 Å². The lowest BCUT2D eigenvalue weighted by Gasteiger charge is -2.66. The highest BCUT2D eigenvalue weighted by Crippen LogP contribution is 2.66. The van der Waals surface area contributed by atoms with Crippen LogP contribution in [0.2, 0.25) is 0 Å². The Balaban J connectivity index is 1.91. The van der Waals surface area contributed by atoms with Gasteiger partial charge in [-0.15, -0.1) is 0 Å². The molecule has 0 aliphatic heterocycles. The first-order chi connectivity index (χ1) is 12.5. The minimum Gasteiger partial charge on any atom is -0.469 e. The molecule has 5 heteroatoms. The minimum atomic E-state index is -1.40. The lowest BCUT2D eigenvalue weighted by Crippen LogP contribution is -2.75. The Hall–Kier alpha value is -1.62. The second-order valence-corrected chi connectivity index (χ2v) is 9.67. The van der Waals surface area contributed by atoms with Crippen LogP contribution in [0.3, 0.4) is 0 Å². The lowest BCUT2D eigenvalue weighted by molar-refractivity contribution is -0.276. The molecule has 0 spiro atoms. The number of esters is 1. The predicted octanol–water partition coefficient (Wildman–Crippen LogP) is 3.63. The maximum Gasteiger partial charge on any atom is 0.303 e. The lowest BCUT2D eigenvalue weighted by atomic mass is 9.40. The van der Waals surface area contributed by atoms with Crippen molar-refractivity contribution in [2.45, 2.75) is 77.9 Å². The predicted molar refractivity (Wildman–Crippen MR) is 99.1 cm³/mol. The Labute approximate surface area is 160 Å². The number of ether oxygens (including phenoxy) is 1. The summed E-state index contributed by atoms with van der Waals surface area (Å²) in [5.41, 5.74) is -1.73. The molecule has 2 saturated carbocycles. The first-order valence-electron chi connectivity index (χ1n) is 10.0. The second-order valence-electron chi connectivity index (χ2n) is 9.67. The van der Waals surface area contributed by atoms with Gasteiger partial charge in [-0.3, -0.25) is 9.59 Å². The second kappa shape index (κ2) is 5.69. The molecule has 4 rings (SSSR count). The Bertz CT molecular complexity index is 792. The largest absolute Gasteiger partial charge is 0.469 e. The SMILES string of the molecule is CC(=O)O[C@@H]1C[C@H]2[C@@H](C)c3ccoc3C[C@@H]2[C@@]2(C)C(=O)CCC(C)(C)[C@]12O. The first kappa shape index (κ1) is 18.7. The van der Waals surface area contributed by atoms with Gasteiger partial charge in [0.15, 0.2) is 0 Å². The van der Waals surface area contributed by atoms with Crippen LogP contribution < -0.4 is 0 Å². The molecule has 5 nitrogen and oxygen atoms in total. The van der Waals surface area contributed by atoms with Crippen LogP contribution in [-0.2, 0) is 20.7 Å². The van der Waals surface area contributed by atoms with Gasteiger partial charge in [0, 0.05) is 19.8 Å². The van der Waals surface area contributed by atoms with Crippen molar-refractivity contribution in [3.8, 4) is 0 Å². The summed E-state index contributed by atoms with van der Waals surface area (Å²) in [6.07, 6.45) is 3.28. The van der Waals surface area contributed by atoms with Gasteiger partial charge in [0.2, 0.25) is 0 Å². The summed E-state index contributed by atoms with van der Waals surface area (Å²) < 4.78 is 11.4. The Morgan fingerprint density at radius 1 is 1.33 bits per heavy atom. The summed E-state index contributed by atoms with van der Waals surface area (Å²) in [4.78, 5) is 25.2. The van der Waals surface area contributed by atoms with Crippen LogP contribution in [0.5, 0.6) is 0 Å². The van der Waals surface area contributed by atoms with Gasteiger partial charge in [0.1, 0.15) is 23.2 Å². The van der Waals surface area contributed by atoms with Crippen molar-refractivity contribution in [1.29, 1.82) is 0 Å². The van der Waals surface area contributed by atoms with Crippen LogP contribution >= 0.6 is 0 Å². The number of fused-ring (bicyclic) bond motifs is 4. The van der Waals surface area contributed by atoms with Crippen LogP contribution in [0.25, 0.3) is 0 Å². The van der Waals surface area contributed by atoms with Crippen molar-refractivity contribution < 1.29 is 23.8 Å². The van der Waals surface area contributed by atoms with E-state index in [-0.39, 0.29) is 23.5 Å². The number of hydrogen-bond acceptors (Lipinski definition) is 5. The summed E-state index contributed by atoms with van der Waals surface area (Å²) in [7, 11) is 0. The Kier molecular flexibility index (Phi) is 3.95. The van der Waals surface area contributed by atoms with Crippen molar-refractivity contribution in [1.82, 2.24) is 0 Å². The average molecular weight is 374 g/mol. The zero-order chi connectivity index (χ0) is 19.8. The van der Waals surface area contributed by atoms with Crippen molar-refractivity contribution in [2.24, 2.45) is 22.7 Å². The molecule has 1 aromatic heterocycles. The smallest absolute Gasteiger partial charge is 0.303 e. The van der Waals surface area contributed by atoms with Crippen LogP contribution in [0.1, 0.15) is 71.1 Å². The molecule has 0 unspecified atom stereocenters. The number of ketones is 1. The van der Waals surface area contributed by atoms with E-state index in [0.29, 0.717) is 25.7 Å². The highest BCUT2D eigenvalue weighted by molar-refractivity contribution is 5.88. The van der Waals surface area contributed by atoms with Gasteiger partial charge in [0.05, 0.1) is 11.7 Å². The van der Waals surface area contributed by atoms with Crippen LogP contribution in [0.4, 0.5) is 0 Å². The molecule has 0 radical (unpaired) electrons. The first-order valence-corrected chi connectivity index (χ1v) is 10.0. The third-order valence-electron chi connectivity index (χ3n) is 8.22. The Morgan fingerprint density at radius 2 is 2.04 bits per heavy atom. The highest BCUT2D eigenvalue weighted by Gasteiger charge is 2.73. The van der Waals surface area contributed by atoms with Crippen molar-refractivity contribution in [3.05, 3.63) is 23.7 Å². The molecule has 2 fully saturated rings. The van der Waals surface area contributed by atoms with Gasteiger partial charge in [-0.2, -0.15) is 0 Å². The average Bonchev–Trinajstić information content (AvgIpc) is 3.06. The van der Waals surface area contributed by atoms with Gasteiger partial charge < -0.3 is 14.3 Å². The number of carbonyl (C=O) groups is 2. The van der Waals surface area contributed by atoms with E-state index in [2.05, 4.69) is 6.92 Å². The fourth-order valence-electron chi connectivity index (χ4n) is 6.66. The third kappa shape index (κ3) is 2.21. The molecule has 0 bridgehead atoms. The summed E-state index contributed by atoms with van der Waals surface area (Å²) in [5.74, 6) is 0.913. The fourth-order valence-corrected chi connectivity index (χ4v) is 6.66. The number of hydrogen-bond donors (Lipinski definition) is 1. The maximum atomic E-state index is 13.4. The fraction of sp³-hybridized carbons (Fsp3) is 0.727. The van der Waals surface area contributed by atoms with Gasteiger partial charge in [-0.25, -0.2) is 0 Å². The van der Waals surface area contributed by atoms with E-state index in [9.17, 15) is 14.7 Å². The molecular weight excluding hydrogens is 344 g/mol. The van der Waals surface area contributed by atoms with Gasteiger partial charge in [-0.1, -0.05) is 20.8 Å². The molecule has 1 N–H and O–H groups in total. The van der Waals surface area contributed by atoms with E-state index in [1.165, 1.54) is 12.5 Å². The Morgan fingerprint density at radius 3 is 2.70 bits per heavy atom. The van der Waals surface area contributed by atoms with Crippen molar-refractivity contribution in [2.75, 3.05) is 0 Å². The number of rotatable bonds is 1. The van der Waals surface area contributed by atoms with Gasteiger partial charge in [-0.05, 0) is 54.6 Å². The molecule has 27 heavy (non-hydrogen) atoms. The van der Waals surface area contributed by atoms with E-state index in [0.717, 1.165) is 5.76 Å². The maximum absolute atomic E-state index is 13.4. The standard InChI is InChI=1S/C22H30O5/c1-12-14-7-9-26-17(14)11-16-15(12)10-19(27-13(2)23)22(25)20(3,4)8-6-18(24)21(16,22)5/h7,9,12,15-16,19,25H,6,8,10-11H2,1-5H3/t12-,15-,16-,19+,21-,22+/m0/s1. The quantitative estimate of drug-likeness (QED) is 0.760. The molecule has 6 atom stereocenters. The molecular formula is C22H30O5. The third-order valence-corrected chi connectivity index (χ3v) is 8.22. The zero-order valence-corrected chi connectivity index (χ0v) is 16.9. The highest BCUT2D eigenvalue weighted by atomic mass is 16.6. The molecule has 3 aliphatic rings. The van der Waals surface area contributed by atoms with Crippen molar-refractivity contribution >= 4 is 11.8 Å². The molecule has 0 saturated heterocycles. The van der Waals surface area contributed by atoms with Crippen molar-refractivity contribution in [3.63, 3.8) is 0 Å². The molecule has 0 amide bonds. The van der Waals surface area contributed by atoms with Gasteiger partial charge in [0.25, 0.3) is 0 Å². The molecule has 0 aromatic carbocycles. The summed E-state index contributed by atoms with van der Waals surface area (Å²) in [5, 5.41) is 12.2. The van der Waals surface area contributed by atoms with Crippen LogP contribution in [0, 0.1) is 22.7 Å². The molecule has 1 aromatic rings. The topological polar surface area (TPSA) is 76.7 Å². The zero-order valence-electron chi connectivity index (χ0n) is 16.9. The number of Topliss-reactive ketones (excluding diaryl/α,β-unsaturated/α-hetero) is 1. The molecule has 148 valence electrons. The monoisotopic (exact) mass is 374 g/mol. The van der Waals surface area contributed by atoms with E-state index in [1.807, 2.05) is 26.8 Å².